The number of aromatic nitrogens is 3. The van der Waals surface area contributed by atoms with E-state index < -0.39 is 6.10 Å². The number of rotatable bonds is 1. The van der Waals surface area contributed by atoms with Crippen LogP contribution in [-0.2, 0) is 0 Å². The van der Waals surface area contributed by atoms with Crippen molar-refractivity contribution in [1.29, 1.82) is 0 Å². The zero-order valence-electron chi connectivity index (χ0n) is 10.3. The summed E-state index contributed by atoms with van der Waals surface area (Å²) >= 11 is 0. The minimum Gasteiger partial charge on any atom is -0.389 e. The third-order valence-corrected chi connectivity index (χ3v) is 3.16. The fraction of sp³-hybridized carbons (Fsp3) is 0.417. The Morgan fingerprint density at radius 1 is 1.44 bits per heavy atom. The molecular formula is C12H14N4O2. The van der Waals surface area contributed by atoms with Gasteiger partial charge in [0.25, 0.3) is 5.91 Å². The van der Waals surface area contributed by atoms with Crippen LogP contribution in [-0.4, -0.2) is 49.7 Å². The Hall–Kier alpha value is -1.95. The lowest BCUT2D eigenvalue weighted by Gasteiger charge is -2.35. The van der Waals surface area contributed by atoms with Gasteiger partial charge in [-0.25, -0.2) is 9.50 Å². The lowest BCUT2D eigenvalue weighted by atomic mass is 10.1. The first kappa shape index (κ1) is 11.2. The largest absolute Gasteiger partial charge is 0.389 e. The zero-order chi connectivity index (χ0) is 12.9. The molecule has 0 spiro atoms. The number of aliphatic hydroxyl groups excluding tert-OH is 1. The quantitative estimate of drug-likeness (QED) is 0.778. The summed E-state index contributed by atoms with van der Waals surface area (Å²) in [7, 11) is 0. The number of β-amino-alcohol motifs (C(OH)–C–C–N with tert-alkyl or cyclic N) is 1. The highest BCUT2D eigenvalue weighted by molar-refractivity contribution is 6.00. The number of carbonyl (C=O) groups is 1. The van der Waals surface area contributed by atoms with Crippen molar-refractivity contribution in [3.05, 3.63) is 29.2 Å². The van der Waals surface area contributed by atoms with E-state index in [1.54, 1.807) is 15.6 Å². The van der Waals surface area contributed by atoms with E-state index in [0.29, 0.717) is 24.3 Å². The van der Waals surface area contributed by atoms with Crippen molar-refractivity contribution in [2.75, 3.05) is 13.1 Å². The van der Waals surface area contributed by atoms with Gasteiger partial charge in [0.05, 0.1) is 12.3 Å². The summed E-state index contributed by atoms with van der Waals surface area (Å²) in [5, 5.41) is 13.4. The first-order valence-corrected chi connectivity index (χ1v) is 5.85. The molecule has 2 aromatic heterocycles. The standard InChI is InChI=1S/C12H14N4O2/c1-7-3-8(2)16-11(14-7)10(4-13-16)12(18)15-5-9(17)6-15/h3-4,9,17H,5-6H2,1-2H3. The number of amides is 1. The lowest BCUT2D eigenvalue weighted by Crippen LogP contribution is -2.53. The van der Waals surface area contributed by atoms with Gasteiger partial charge >= 0.3 is 0 Å². The molecule has 6 heteroatoms. The first-order valence-electron chi connectivity index (χ1n) is 5.85. The zero-order valence-corrected chi connectivity index (χ0v) is 10.3. The second-order valence-electron chi connectivity index (χ2n) is 4.70. The molecule has 0 aromatic carbocycles. The molecule has 1 saturated heterocycles. The molecule has 18 heavy (non-hydrogen) atoms. The maximum atomic E-state index is 12.2. The van der Waals surface area contributed by atoms with Crippen LogP contribution < -0.4 is 0 Å². The van der Waals surface area contributed by atoms with Gasteiger partial charge in [0.15, 0.2) is 5.65 Å². The number of aliphatic hydroxyl groups is 1. The summed E-state index contributed by atoms with van der Waals surface area (Å²) in [6, 6.07) is 1.92. The van der Waals surface area contributed by atoms with Gasteiger partial charge < -0.3 is 10.0 Å². The van der Waals surface area contributed by atoms with Crippen LogP contribution in [0, 0.1) is 13.8 Å². The van der Waals surface area contributed by atoms with Crippen LogP contribution in [0.1, 0.15) is 21.7 Å². The van der Waals surface area contributed by atoms with E-state index in [2.05, 4.69) is 10.1 Å². The normalized spacial score (nSPS) is 16.1. The van der Waals surface area contributed by atoms with Gasteiger partial charge in [-0.2, -0.15) is 5.10 Å². The second kappa shape index (κ2) is 3.78. The van der Waals surface area contributed by atoms with Crippen molar-refractivity contribution < 1.29 is 9.90 Å². The van der Waals surface area contributed by atoms with Crippen LogP contribution in [0.4, 0.5) is 0 Å². The van der Waals surface area contributed by atoms with Gasteiger partial charge in [-0.1, -0.05) is 0 Å². The number of nitrogens with zero attached hydrogens (tertiary/aromatic N) is 4. The lowest BCUT2D eigenvalue weighted by molar-refractivity contribution is 0.00601. The number of aryl methyl sites for hydroxylation is 2. The SMILES string of the molecule is Cc1cc(C)n2ncc(C(=O)N3CC(O)C3)c2n1. The molecule has 94 valence electrons. The average molecular weight is 246 g/mol. The minimum atomic E-state index is -0.396. The molecule has 1 aliphatic rings. The van der Waals surface area contributed by atoms with Gasteiger partial charge in [-0.05, 0) is 19.9 Å². The van der Waals surface area contributed by atoms with Crippen LogP contribution >= 0.6 is 0 Å². The van der Waals surface area contributed by atoms with Crippen molar-refractivity contribution >= 4 is 11.6 Å². The van der Waals surface area contributed by atoms with E-state index in [9.17, 15) is 9.90 Å². The molecule has 0 saturated carbocycles. The van der Waals surface area contributed by atoms with Crippen molar-refractivity contribution in [3.8, 4) is 0 Å². The van der Waals surface area contributed by atoms with E-state index in [-0.39, 0.29) is 5.91 Å². The summed E-state index contributed by atoms with van der Waals surface area (Å²) in [5.41, 5.74) is 2.88. The number of carbonyl (C=O) groups excluding carboxylic acids is 1. The summed E-state index contributed by atoms with van der Waals surface area (Å²) in [6.45, 7) is 4.60. The number of likely N-dealkylation sites (tertiary alicyclic amines) is 1. The summed E-state index contributed by atoms with van der Waals surface area (Å²) in [5.74, 6) is -0.118. The Kier molecular flexibility index (Phi) is 2.34. The highest BCUT2D eigenvalue weighted by atomic mass is 16.3. The highest BCUT2D eigenvalue weighted by Crippen LogP contribution is 2.17. The Morgan fingerprint density at radius 3 is 2.83 bits per heavy atom. The minimum absolute atomic E-state index is 0.118. The van der Waals surface area contributed by atoms with E-state index in [1.807, 2.05) is 19.9 Å². The fourth-order valence-corrected chi connectivity index (χ4v) is 2.21. The Balaban J connectivity index is 2.04. The van der Waals surface area contributed by atoms with Crippen LogP contribution in [0.15, 0.2) is 12.3 Å². The van der Waals surface area contributed by atoms with Gasteiger partial charge in [0, 0.05) is 24.5 Å². The van der Waals surface area contributed by atoms with Crippen molar-refractivity contribution in [3.63, 3.8) is 0 Å². The maximum Gasteiger partial charge on any atom is 0.259 e. The molecule has 3 rings (SSSR count). The maximum absolute atomic E-state index is 12.2. The van der Waals surface area contributed by atoms with Crippen LogP contribution in [0.2, 0.25) is 0 Å². The molecule has 0 radical (unpaired) electrons. The molecule has 6 nitrogen and oxygen atoms in total. The summed E-state index contributed by atoms with van der Waals surface area (Å²) < 4.78 is 1.66. The molecule has 0 atom stereocenters. The first-order chi connectivity index (χ1) is 8.56. The molecule has 1 N–H and O–H groups in total. The van der Waals surface area contributed by atoms with Crippen LogP contribution in [0.25, 0.3) is 5.65 Å². The predicted molar refractivity (Wildman–Crippen MR) is 64.4 cm³/mol. The molecular weight excluding hydrogens is 232 g/mol. The molecule has 0 aliphatic carbocycles. The van der Waals surface area contributed by atoms with E-state index in [4.69, 9.17) is 0 Å². The molecule has 3 heterocycles. The smallest absolute Gasteiger partial charge is 0.259 e. The van der Waals surface area contributed by atoms with Gasteiger partial charge in [-0.15, -0.1) is 0 Å². The molecule has 1 aliphatic heterocycles. The van der Waals surface area contributed by atoms with Gasteiger partial charge in [0.1, 0.15) is 5.56 Å². The Bertz CT molecular complexity index is 628. The monoisotopic (exact) mass is 246 g/mol. The van der Waals surface area contributed by atoms with Crippen LogP contribution in [0.3, 0.4) is 0 Å². The van der Waals surface area contributed by atoms with Crippen molar-refractivity contribution in [2.24, 2.45) is 0 Å². The van der Waals surface area contributed by atoms with E-state index in [0.717, 1.165) is 11.4 Å². The highest BCUT2D eigenvalue weighted by Gasteiger charge is 2.31. The third-order valence-electron chi connectivity index (χ3n) is 3.16. The third kappa shape index (κ3) is 1.57. The second-order valence-corrected chi connectivity index (χ2v) is 4.70. The molecule has 0 unspecified atom stereocenters. The molecule has 2 aromatic rings. The Morgan fingerprint density at radius 2 is 2.17 bits per heavy atom. The topological polar surface area (TPSA) is 70.7 Å². The fourth-order valence-electron chi connectivity index (χ4n) is 2.21. The number of fused-ring (bicyclic) bond motifs is 1. The molecule has 1 fully saturated rings. The number of hydrogen-bond acceptors (Lipinski definition) is 4. The van der Waals surface area contributed by atoms with Gasteiger partial charge in [-0.3, -0.25) is 4.79 Å². The van der Waals surface area contributed by atoms with Gasteiger partial charge in [0.2, 0.25) is 0 Å². The van der Waals surface area contributed by atoms with Crippen LogP contribution in [0.5, 0.6) is 0 Å². The average Bonchev–Trinajstić information content (AvgIpc) is 2.67. The van der Waals surface area contributed by atoms with Crippen molar-refractivity contribution in [1.82, 2.24) is 19.5 Å². The molecule has 0 bridgehead atoms. The van der Waals surface area contributed by atoms with E-state index in [1.165, 1.54) is 0 Å². The van der Waals surface area contributed by atoms with Crippen molar-refractivity contribution in [2.45, 2.75) is 20.0 Å². The summed E-state index contributed by atoms with van der Waals surface area (Å²) in [4.78, 5) is 18.2. The summed E-state index contributed by atoms with van der Waals surface area (Å²) in [6.07, 6.45) is 1.15. The number of hydrogen-bond donors (Lipinski definition) is 1. The Labute approximate surface area is 104 Å². The molecule has 1 amide bonds. The predicted octanol–water partition coefficient (Wildman–Crippen LogP) is 0.163. The van der Waals surface area contributed by atoms with E-state index >= 15 is 0 Å².